The minimum atomic E-state index is -0.166. The van der Waals surface area contributed by atoms with Gasteiger partial charge in [-0.05, 0) is 44.5 Å². The smallest absolute Gasteiger partial charge is 0.127 e. The van der Waals surface area contributed by atoms with Crippen LogP contribution in [0.25, 0.3) is 20.4 Å². The van der Waals surface area contributed by atoms with Crippen molar-refractivity contribution >= 4 is 55.1 Å². The molecule has 0 aliphatic carbocycles. The average molecular weight is 442 g/mol. The highest BCUT2D eigenvalue weighted by Gasteiger charge is 2.28. The Morgan fingerprint density at radius 2 is 1.97 bits per heavy atom. The number of thioether (sulfide) groups is 1. The highest BCUT2D eigenvalue weighted by Crippen LogP contribution is 2.40. The van der Waals surface area contributed by atoms with E-state index in [0.29, 0.717) is 6.61 Å². The van der Waals surface area contributed by atoms with Crippen molar-refractivity contribution in [1.82, 2.24) is 15.0 Å². The van der Waals surface area contributed by atoms with Gasteiger partial charge in [-0.2, -0.15) is 0 Å². The van der Waals surface area contributed by atoms with E-state index in [1.807, 2.05) is 19.1 Å². The molecular formula is C22H20ClN3OS2. The van der Waals surface area contributed by atoms with Gasteiger partial charge in [0.2, 0.25) is 0 Å². The highest BCUT2D eigenvalue weighted by molar-refractivity contribution is 7.98. The first-order valence-electron chi connectivity index (χ1n) is 9.49. The zero-order chi connectivity index (χ0) is 20.2. The van der Waals surface area contributed by atoms with Gasteiger partial charge in [-0.3, -0.25) is 0 Å². The van der Waals surface area contributed by atoms with Crippen molar-refractivity contribution in [3.8, 4) is 0 Å². The van der Waals surface area contributed by atoms with Gasteiger partial charge >= 0.3 is 0 Å². The molecule has 0 unspecified atom stereocenters. The number of hydrogen-bond donors (Lipinski definition) is 0. The number of benzene rings is 1. The van der Waals surface area contributed by atoms with Gasteiger partial charge in [-0.15, -0.1) is 23.1 Å². The Hall–Kier alpha value is -1.73. The fraction of sp³-hybridized carbons (Fsp3) is 0.318. The lowest BCUT2D eigenvalue weighted by molar-refractivity contribution is -0.0411. The Balaban J connectivity index is 1.57. The monoisotopic (exact) mass is 441 g/mol. The Morgan fingerprint density at radius 3 is 2.76 bits per heavy atom. The largest absolute Gasteiger partial charge is 0.370 e. The third-order valence-corrected chi connectivity index (χ3v) is 7.58. The summed E-state index contributed by atoms with van der Waals surface area (Å²) >= 11 is 9.43. The minimum absolute atomic E-state index is 0.166. The number of ether oxygens (including phenoxy) is 1. The van der Waals surface area contributed by atoms with Crippen LogP contribution in [0.1, 0.15) is 36.5 Å². The van der Waals surface area contributed by atoms with Crippen LogP contribution in [-0.4, -0.2) is 20.6 Å². The van der Waals surface area contributed by atoms with E-state index < -0.39 is 0 Å². The predicted octanol–water partition coefficient (Wildman–Crippen LogP) is 6.34. The molecule has 0 fully saturated rings. The summed E-state index contributed by atoms with van der Waals surface area (Å²) in [6.07, 6.45) is 0.829. The van der Waals surface area contributed by atoms with Gasteiger partial charge in [-0.25, -0.2) is 15.0 Å². The average Bonchev–Trinajstić information content (AvgIpc) is 3.02. The molecule has 4 aromatic rings. The number of pyridine rings is 1. The van der Waals surface area contributed by atoms with Crippen molar-refractivity contribution in [2.75, 3.05) is 0 Å². The van der Waals surface area contributed by atoms with E-state index in [2.05, 4.69) is 32.0 Å². The third kappa shape index (κ3) is 3.75. The SMILES string of the molecule is Cc1nc(SCc2ccc(Cl)cc2)c2sc3nc4c(cc3c2n1)COC(C)(C)C4. The van der Waals surface area contributed by atoms with Crippen LogP contribution in [0, 0.1) is 6.92 Å². The summed E-state index contributed by atoms with van der Waals surface area (Å²) in [5.41, 5.74) is 4.36. The maximum Gasteiger partial charge on any atom is 0.127 e. The summed E-state index contributed by atoms with van der Waals surface area (Å²) < 4.78 is 7.10. The maximum atomic E-state index is 6.00. The predicted molar refractivity (Wildman–Crippen MR) is 121 cm³/mol. The molecule has 0 N–H and O–H groups in total. The maximum absolute atomic E-state index is 6.00. The zero-order valence-electron chi connectivity index (χ0n) is 16.5. The number of hydrogen-bond acceptors (Lipinski definition) is 6. The molecule has 0 spiro atoms. The fourth-order valence-corrected chi connectivity index (χ4v) is 5.91. The molecule has 1 aliphatic rings. The van der Waals surface area contributed by atoms with Crippen molar-refractivity contribution in [1.29, 1.82) is 0 Å². The minimum Gasteiger partial charge on any atom is -0.370 e. The van der Waals surface area contributed by atoms with Crippen LogP contribution in [0.2, 0.25) is 5.02 Å². The van der Waals surface area contributed by atoms with Crippen LogP contribution >= 0.6 is 34.7 Å². The van der Waals surface area contributed by atoms with Gasteiger partial charge in [0.05, 0.1) is 28.1 Å². The molecule has 0 bridgehead atoms. The van der Waals surface area contributed by atoms with E-state index in [0.717, 1.165) is 54.2 Å². The number of aromatic nitrogens is 3. The van der Waals surface area contributed by atoms with E-state index in [9.17, 15) is 0 Å². The lowest BCUT2D eigenvalue weighted by Gasteiger charge is -2.30. The van der Waals surface area contributed by atoms with Gasteiger partial charge < -0.3 is 4.74 Å². The molecule has 5 rings (SSSR count). The Morgan fingerprint density at radius 1 is 1.17 bits per heavy atom. The fourth-order valence-electron chi connectivity index (χ4n) is 3.56. The van der Waals surface area contributed by atoms with Crippen LogP contribution < -0.4 is 0 Å². The second kappa shape index (κ2) is 7.20. The lowest BCUT2D eigenvalue weighted by atomic mass is 9.95. The molecule has 1 aromatic carbocycles. The van der Waals surface area contributed by atoms with E-state index >= 15 is 0 Å². The summed E-state index contributed by atoms with van der Waals surface area (Å²) in [5, 5.41) is 2.87. The third-order valence-electron chi connectivity index (χ3n) is 5.06. The van der Waals surface area contributed by atoms with Crippen molar-refractivity contribution in [3.05, 3.63) is 58.0 Å². The topological polar surface area (TPSA) is 47.9 Å². The molecule has 4 heterocycles. The van der Waals surface area contributed by atoms with E-state index in [1.54, 1.807) is 23.1 Å². The normalized spacial score (nSPS) is 15.7. The quantitative estimate of drug-likeness (QED) is 0.274. The van der Waals surface area contributed by atoms with E-state index in [-0.39, 0.29) is 5.60 Å². The Kier molecular flexibility index (Phi) is 4.78. The first kappa shape index (κ1) is 19.2. The molecule has 0 amide bonds. The van der Waals surface area contributed by atoms with Crippen molar-refractivity contribution < 1.29 is 4.74 Å². The second-order valence-electron chi connectivity index (χ2n) is 7.94. The number of halogens is 1. The summed E-state index contributed by atoms with van der Waals surface area (Å²) in [7, 11) is 0. The highest BCUT2D eigenvalue weighted by atomic mass is 35.5. The number of rotatable bonds is 3. The molecule has 3 aromatic heterocycles. The summed E-state index contributed by atoms with van der Waals surface area (Å²) in [4.78, 5) is 15.5. The van der Waals surface area contributed by atoms with Crippen LogP contribution in [0.5, 0.6) is 0 Å². The molecule has 1 aliphatic heterocycles. The van der Waals surface area contributed by atoms with E-state index in [1.165, 1.54) is 11.1 Å². The Labute approximate surface area is 182 Å². The summed E-state index contributed by atoms with van der Waals surface area (Å²) in [6.45, 7) is 6.79. The molecule has 0 atom stereocenters. The first-order chi connectivity index (χ1) is 13.9. The van der Waals surface area contributed by atoms with Crippen molar-refractivity contribution in [2.24, 2.45) is 0 Å². The van der Waals surface area contributed by atoms with Gasteiger partial charge in [0, 0.05) is 28.1 Å². The van der Waals surface area contributed by atoms with Gasteiger partial charge in [-0.1, -0.05) is 23.7 Å². The molecule has 0 saturated heterocycles. The molecule has 4 nitrogen and oxygen atoms in total. The molecular weight excluding hydrogens is 422 g/mol. The Bertz CT molecular complexity index is 1230. The molecule has 148 valence electrons. The van der Waals surface area contributed by atoms with Gasteiger partial charge in [0.1, 0.15) is 15.7 Å². The van der Waals surface area contributed by atoms with Crippen molar-refractivity contribution in [3.63, 3.8) is 0 Å². The molecule has 0 radical (unpaired) electrons. The number of fused-ring (bicyclic) bond motifs is 4. The van der Waals surface area contributed by atoms with Gasteiger partial charge in [0.15, 0.2) is 0 Å². The number of nitrogens with zero attached hydrogens (tertiary/aromatic N) is 3. The number of thiophene rings is 1. The molecule has 29 heavy (non-hydrogen) atoms. The van der Waals surface area contributed by atoms with Crippen LogP contribution in [0.3, 0.4) is 0 Å². The van der Waals surface area contributed by atoms with Crippen LogP contribution in [0.15, 0.2) is 35.4 Å². The summed E-state index contributed by atoms with van der Waals surface area (Å²) in [6, 6.07) is 10.2. The van der Waals surface area contributed by atoms with Crippen LogP contribution in [0.4, 0.5) is 0 Å². The molecule has 7 heteroatoms. The van der Waals surface area contributed by atoms with E-state index in [4.69, 9.17) is 31.3 Å². The lowest BCUT2D eigenvalue weighted by Crippen LogP contribution is -2.32. The standard InChI is InChI=1S/C22H20ClN3OS2/c1-12-24-18-16-8-14-10-27-22(2,3)9-17(14)26-20(16)29-19(18)21(25-12)28-11-13-4-6-15(23)7-5-13/h4-8H,9-11H2,1-3H3. The van der Waals surface area contributed by atoms with Gasteiger partial charge in [0.25, 0.3) is 0 Å². The first-order valence-corrected chi connectivity index (χ1v) is 11.7. The number of aryl methyl sites for hydroxylation is 1. The van der Waals surface area contributed by atoms with Crippen molar-refractivity contribution in [2.45, 2.75) is 50.2 Å². The zero-order valence-corrected chi connectivity index (χ0v) is 18.8. The second-order valence-corrected chi connectivity index (χ2v) is 10.3. The summed E-state index contributed by atoms with van der Waals surface area (Å²) in [5.74, 6) is 1.62. The molecule has 0 saturated carbocycles. The van der Waals surface area contributed by atoms with Crippen LogP contribution in [-0.2, 0) is 23.5 Å².